The van der Waals surface area contributed by atoms with Crippen molar-refractivity contribution in [1.29, 1.82) is 0 Å². The van der Waals surface area contributed by atoms with E-state index in [1.807, 2.05) is 103 Å². The van der Waals surface area contributed by atoms with Crippen molar-refractivity contribution in [3.63, 3.8) is 0 Å². The normalized spacial score (nSPS) is 11.0. The highest BCUT2D eigenvalue weighted by Crippen LogP contribution is 2.31. The zero-order valence-electron chi connectivity index (χ0n) is 15.4. The van der Waals surface area contributed by atoms with Crippen molar-refractivity contribution in [1.82, 2.24) is 0 Å². The van der Waals surface area contributed by atoms with E-state index in [-0.39, 0.29) is 5.78 Å². The van der Waals surface area contributed by atoms with Crippen molar-refractivity contribution in [2.24, 2.45) is 0 Å². The quantitative estimate of drug-likeness (QED) is 0.296. The molecule has 0 radical (unpaired) electrons. The highest BCUT2D eigenvalue weighted by molar-refractivity contribution is 6.12. The summed E-state index contributed by atoms with van der Waals surface area (Å²) in [4.78, 5) is 12.9. The van der Waals surface area contributed by atoms with Gasteiger partial charge in [-0.1, -0.05) is 97.1 Å². The fourth-order valence-electron chi connectivity index (χ4n) is 3.15. The molecule has 0 N–H and O–H groups in total. The Hall–Kier alpha value is -3.65. The Morgan fingerprint density at radius 1 is 0.750 bits per heavy atom. The summed E-state index contributed by atoms with van der Waals surface area (Å²) in [6, 6.07) is 31.6. The third kappa shape index (κ3) is 4.02. The Bertz CT molecular complexity index is 1110. The van der Waals surface area contributed by atoms with Gasteiger partial charge in [0.15, 0.2) is 5.78 Å². The molecule has 0 saturated carbocycles. The number of ether oxygens (including phenoxy) is 1. The van der Waals surface area contributed by atoms with Crippen LogP contribution in [0.3, 0.4) is 0 Å². The van der Waals surface area contributed by atoms with Gasteiger partial charge in [0.1, 0.15) is 12.4 Å². The monoisotopic (exact) mass is 364 g/mol. The largest absolute Gasteiger partial charge is 0.487 e. The van der Waals surface area contributed by atoms with E-state index in [0.29, 0.717) is 17.9 Å². The molecule has 0 heterocycles. The van der Waals surface area contributed by atoms with Gasteiger partial charge in [0, 0.05) is 5.39 Å². The lowest BCUT2D eigenvalue weighted by Crippen LogP contribution is -2.03. The van der Waals surface area contributed by atoms with Crippen molar-refractivity contribution in [2.45, 2.75) is 6.61 Å². The molecule has 0 saturated heterocycles. The van der Waals surface area contributed by atoms with Crippen LogP contribution in [0.1, 0.15) is 21.5 Å². The van der Waals surface area contributed by atoms with Gasteiger partial charge in [-0.2, -0.15) is 0 Å². The number of fused-ring (bicyclic) bond motifs is 1. The summed E-state index contributed by atoms with van der Waals surface area (Å²) in [5.41, 5.74) is 2.62. The Balaban J connectivity index is 1.68. The number of allylic oxidation sites excluding steroid dienone is 1. The Labute approximate surface area is 164 Å². The summed E-state index contributed by atoms with van der Waals surface area (Å²) in [7, 11) is 0. The van der Waals surface area contributed by atoms with Crippen LogP contribution in [-0.4, -0.2) is 5.78 Å². The summed E-state index contributed by atoms with van der Waals surface area (Å²) in [6.45, 7) is 0.414. The maximum atomic E-state index is 12.9. The average molecular weight is 364 g/mol. The Morgan fingerprint density at radius 2 is 1.43 bits per heavy atom. The summed E-state index contributed by atoms with van der Waals surface area (Å²) < 4.78 is 6.15. The molecule has 0 amide bonds. The van der Waals surface area contributed by atoms with Crippen LogP contribution in [-0.2, 0) is 6.61 Å². The second kappa shape index (κ2) is 8.36. The van der Waals surface area contributed by atoms with Gasteiger partial charge in [-0.25, -0.2) is 0 Å². The SMILES string of the molecule is O=C(C=Cc1ccccc1)c1ccc2ccccc2c1OCc1ccccc1. The number of rotatable bonds is 6. The first-order chi connectivity index (χ1) is 13.8. The van der Waals surface area contributed by atoms with Crippen LogP contribution in [0.2, 0.25) is 0 Å². The third-order valence-corrected chi connectivity index (χ3v) is 4.60. The lowest BCUT2D eigenvalue weighted by Gasteiger charge is -2.13. The molecule has 0 fully saturated rings. The summed E-state index contributed by atoms with van der Waals surface area (Å²) in [5, 5.41) is 1.99. The lowest BCUT2D eigenvalue weighted by molar-refractivity contribution is 0.104. The molecule has 28 heavy (non-hydrogen) atoms. The molecule has 0 unspecified atom stereocenters. The van der Waals surface area contributed by atoms with E-state index in [9.17, 15) is 4.79 Å². The summed E-state index contributed by atoms with van der Waals surface area (Å²) >= 11 is 0. The number of carbonyl (C=O) groups is 1. The van der Waals surface area contributed by atoms with Gasteiger partial charge >= 0.3 is 0 Å². The van der Waals surface area contributed by atoms with Crippen LogP contribution in [0.25, 0.3) is 16.8 Å². The molecule has 0 aliphatic rings. The number of benzene rings is 4. The van der Waals surface area contributed by atoms with Gasteiger partial charge in [-0.3, -0.25) is 4.79 Å². The molecule has 4 aromatic carbocycles. The molecule has 4 aromatic rings. The van der Waals surface area contributed by atoms with Gasteiger partial charge in [-0.05, 0) is 28.7 Å². The van der Waals surface area contributed by atoms with E-state index < -0.39 is 0 Å². The van der Waals surface area contributed by atoms with Crippen LogP contribution in [0.15, 0.2) is 103 Å². The second-order valence-corrected chi connectivity index (χ2v) is 6.55. The predicted octanol–water partition coefficient (Wildman–Crippen LogP) is 6.31. The first-order valence-corrected chi connectivity index (χ1v) is 9.27. The fraction of sp³-hybridized carbons (Fsp3) is 0.0385. The highest BCUT2D eigenvalue weighted by atomic mass is 16.5. The molecule has 0 bridgehead atoms. The molecule has 2 nitrogen and oxygen atoms in total. The van der Waals surface area contributed by atoms with E-state index in [4.69, 9.17) is 4.74 Å². The highest BCUT2D eigenvalue weighted by Gasteiger charge is 2.14. The number of hydrogen-bond acceptors (Lipinski definition) is 2. The van der Waals surface area contributed by atoms with Crippen LogP contribution >= 0.6 is 0 Å². The van der Waals surface area contributed by atoms with E-state index in [1.165, 1.54) is 0 Å². The topological polar surface area (TPSA) is 26.3 Å². The zero-order valence-corrected chi connectivity index (χ0v) is 15.4. The van der Waals surface area contributed by atoms with Crippen LogP contribution in [0, 0.1) is 0 Å². The number of carbonyl (C=O) groups excluding carboxylic acids is 1. The van der Waals surface area contributed by atoms with Gasteiger partial charge in [0.2, 0.25) is 0 Å². The van der Waals surface area contributed by atoms with Crippen molar-refractivity contribution in [2.75, 3.05) is 0 Å². The molecule has 0 spiro atoms. The van der Waals surface area contributed by atoms with Crippen molar-refractivity contribution in [3.05, 3.63) is 120 Å². The molecule has 2 heteroatoms. The molecule has 136 valence electrons. The molecule has 0 atom stereocenters. The van der Waals surface area contributed by atoms with Gasteiger partial charge in [-0.15, -0.1) is 0 Å². The van der Waals surface area contributed by atoms with Crippen LogP contribution in [0.5, 0.6) is 5.75 Å². The van der Waals surface area contributed by atoms with Crippen LogP contribution < -0.4 is 4.74 Å². The maximum Gasteiger partial charge on any atom is 0.189 e. The minimum absolute atomic E-state index is 0.0716. The molecule has 0 aliphatic heterocycles. The van der Waals surface area contributed by atoms with Crippen molar-refractivity contribution >= 4 is 22.6 Å². The van der Waals surface area contributed by atoms with E-state index >= 15 is 0 Å². The Kier molecular flexibility index (Phi) is 5.30. The van der Waals surface area contributed by atoms with Crippen molar-refractivity contribution < 1.29 is 9.53 Å². The second-order valence-electron chi connectivity index (χ2n) is 6.55. The molecular weight excluding hydrogens is 344 g/mol. The average Bonchev–Trinajstić information content (AvgIpc) is 2.77. The fourth-order valence-corrected chi connectivity index (χ4v) is 3.15. The molecular formula is C26H20O2. The summed E-state index contributed by atoms with van der Waals surface area (Å²) in [5.74, 6) is 0.558. The number of ketones is 1. The smallest absolute Gasteiger partial charge is 0.189 e. The standard InChI is InChI=1S/C26H20O2/c27-25(18-15-20-9-3-1-4-10-20)24-17-16-22-13-7-8-14-23(22)26(24)28-19-21-11-5-2-6-12-21/h1-18H,19H2. The lowest BCUT2D eigenvalue weighted by atomic mass is 10.0. The summed E-state index contributed by atoms with van der Waals surface area (Å²) in [6.07, 6.45) is 3.44. The zero-order chi connectivity index (χ0) is 19.2. The Morgan fingerprint density at radius 3 is 2.21 bits per heavy atom. The number of hydrogen-bond donors (Lipinski definition) is 0. The van der Waals surface area contributed by atoms with E-state index in [2.05, 4.69) is 0 Å². The first-order valence-electron chi connectivity index (χ1n) is 9.27. The molecule has 0 aliphatic carbocycles. The molecule has 0 aromatic heterocycles. The minimum atomic E-state index is -0.0716. The third-order valence-electron chi connectivity index (χ3n) is 4.60. The van der Waals surface area contributed by atoms with Crippen LogP contribution in [0.4, 0.5) is 0 Å². The van der Waals surface area contributed by atoms with Crippen molar-refractivity contribution in [3.8, 4) is 5.75 Å². The van der Waals surface area contributed by atoms with E-state index in [1.54, 1.807) is 6.08 Å². The predicted molar refractivity (Wildman–Crippen MR) is 115 cm³/mol. The molecule has 4 rings (SSSR count). The van der Waals surface area contributed by atoms with E-state index in [0.717, 1.165) is 21.9 Å². The first kappa shape index (κ1) is 17.7. The minimum Gasteiger partial charge on any atom is -0.487 e. The maximum absolute atomic E-state index is 12.9. The van der Waals surface area contributed by atoms with Gasteiger partial charge in [0.05, 0.1) is 5.56 Å². The van der Waals surface area contributed by atoms with Gasteiger partial charge < -0.3 is 4.74 Å². The van der Waals surface area contributed by atoms with Gasteiger partial charge in [0.25, 0.3) is 0 Å².